The van der Waals surface area contributed by atoms with Gasteiger partial charge in [0, 0.05) is 28.3 Å². The Morgan fingerprint density at radius 2 is 1.95 bits per heavy atom. The maximum atomic E-state index is 11.8. The molecule has 0 aromatic carbocycles. The number of carbonyl (C=O) groups is 1. The molecule has 0 aliphatic carbocycles. The zero-order chi connectivity index (χ0) is 15.6. The summed E-state index contributed by atoms with van der Waals surface area (Å²) in [6.07, 6.45) is -0.401. The molecular weight excluding hydrogens is 272 g/mol. The zero-order valence-corrected chi connectivity index (χ0v) is 14.1. The standard InChI is InChI=1S/C15H26N2O2S/c1-10-7-12(11(2)20-10)15(6,8-16)9-17-13(18)19-14(3,4)5/h7H,8-9,16H2,1-6H3,(H,17,18). The van der Waals surface area contributed by atoms with Gasteiger partial charge >= 0.3 is 6.09 Å². The van der Waals surface area contributed by atoms with Gasteiger partial charge in [0.05, 0.1) is 0 Å². The fourth-order valence-corrected chi connectivity index (χ4v) is 3.16. The first-order valence-electron chi connectivity index (χ1n) is 6.82. The Morgan fingerprint density at radius 1 is 1.35 bits per heavy atom. The number of nitrogens with one attached hydrogen (secondary N) is 1. The van der Waals surface area contributed by atoms with E-state index in [1.165, 1.54) is 15.3 Å². The van der Waals surface area contributed by atoms with Crippen LogP contribution in [0.5, 0.6) is 0 Å². The quantitative estimate of drug-likeness (QED) is 0.897. The minimum atomic E-state index is -0.488. The first kappa shape index (κ1) is 17.0. The van der Waals surface area contributed by atoms with Crippen LogP contribution in [0.25, 0.3) is 0 Å². The van der Waals surface area contributed by atoms with E-state index < -0.39 is 11.7 Å². The van der Waals surface area contributed by atoms with Gasteiger partial charge in [-0.05, 0) is 46.2 Å². The molecule has 0 bridgehead atoms. The summed E-state index contributed by atoms with van der Waals surface area (Å²) in [4.78, 5) is 14.3. The number of aryl methyl sites for hydroxylation is 2. The van der Waals surface area contributed by atoms with Crippen LogP contribution in [0.3, 0.4) is 0 Å². The van der Waals surface area contributed by atoms with Crippen molar-refractivity contribution in [3.8, 4) is 0 Å². The molecule has 114 valence electrons. The molecule has 20 heavy (non-hydrogen) atoms. The predicted molar refractivity (Wildman–Crippen MR) is 84.4 cm³/mol. The molecule has 0 aliphatic heterocycles. The van der Waals surface area contributed by atoms with Crippen LogP contribution in [-0.4, -0.2) is 24.8 Å². The molecule has 1 aromatic rings. The monoisotopic (exact) mass is 298 g/mol. The lowest BCUT2D eigenvalue weighted by Gasteiger charge is -2.29. The average Bonchev–Trinajstić information content (AvgIpc) is 2.64. The second-order valence-electron chi connectivity index (χ2n) is 6.45. The Hall–Kier alpha value is -1.07. The van der Waals surface area contributed by atoms with E-state index in [1.807, 2.05) is 20.8 Å². The van der Waals surface area contributed by atoms with Crippen LogP contribution in [0, 0.1) is 13.8 Å². The highest BCUT2D eigenvalue weighted by atomic mass is 32.1. The summed E-state index contributed by atoms with van der Waals surface area (Å²) >= 11 is 1.76. The lowest BCUT2D eigenvalue weighted by atomic mass is 9.82. The first-order chi connectivity index (χ1) is 9.07. The second-order valence-corrected chi connectivity index (χ2v) is 7.91. The fourth-order valence-electron chi connectivity index (χ4n) is 2.09. The van der Waals surface area contributed by atoms with Crippen LogP contribution in [0.1, 0.15) is 43.0 Å². The Kier molecular flexibility index (Phi) is 5.21. The maximum Gasteiger partial charge on any atom is 0.407 e. The van der Waals surface area contributed by atoms with Gasteiger partial charge in [-0.1, -0.05) is 6.92 Å². The van der Waals surface area contributed by atoms with Crippen LogP contribution in [-0.2, 0) is 10.2 Å². The van der Waals surface area contributed by atoms with Crippen molar-refractivity contribution in [3.05, 3.63) is 21.4 Å². The third kappa shape index (κ3) is 4.49. The number of hydrogen-bond donors (Lipinski definition) is 2. The van der Waals surface area contributed by atoms with E-state index in [-0.39, 0.29) is 5.41 Å². The van der Waals surface area contributed by atoms with E-state index in [2.05, 4.69) is 32.2 Å². The van der Waals surface area contributed by atoms with Crippen LogP contribution in [0.2, 0.25) is 0 Å². The molecule has 4 nitrogen and oxygen atoms in total. The summed E-state index contributed by atoms with van der Waals surface area (Å²) in [5, 5.41) is 2.83. The summed E-state index contributed by atoms with van der Waals surface area (Å²) in [6, 6.07) is 2.16. The summed E-state index contributed by atoms with van der Waals surface area (Å²) < 4.78 is 5.26. The van der Waals surface area contributed by atoms with Crippen molar-refractivity contribution in [2.24, 2.45) is 5.73 Å². The van der Waals surface area contributed by atoms with Gasteiger partial charge < -0.3 is 15.8 Å². The van der Waals surface area contributed by atoms with Gasteiger partial charge in [0.25, 0.3) is 0 Å². The SMILES string of the molecule is Cc1cc(C(C)(CN)CNC(=O)OC(C)(C)C)c(C)s1. The summed E-state index contributed by atoms with van der Waals surface area (Å²) in [6.45, 7) is 12.7. The topological polar surface area (TPSA) is 64.3 Å². The largest absolute Gasteiger partial charge is 0.444 e. The highest BCUT2D eigenvalue weighted by molar-refractivity contribution is 7.12. The predicted octanol–water partition coefficient (Wildman–Crippen LogP) is 3.11. The minimum Gasteiger partial charge on any atom is -0.444 e. The molecule has 1 atom stereocenters. The normalized spacial score (nSPS) is 14.8. The fraction of sp³-hybridized carbons (Fsp3) is 0.667. The highest BCUT2D eigenvalue weighted by Gasteiger charge is 2.29. The summed E-state index contributed by atoms with van der Waals surface area (Å²) in [5.41, 5.74) is 6.39. The van der Waals surface area contributed by atoms with Gasteiger partial charge in [0.15, 0.2) is 0 Å². The van der Waals surface area contributed by atoms with Crippen molar-refractivity contribution < 1.29 is 9.53 Å². The Bertz CT molecular complexity index is 477. The number of nitrogens with two attached hydrogens (primary N) is 1. The molecule has 1 aromatic heterocycles. The molecule has 0 fully saturated rings. The van der Waals surface area contributed by atoms with E-state index in [1.54, 1.807) is 11.3 Å². The van der Waals surface area contributed by atoms with Crippen LogP contribution < -0.4 is 11.1 Å². The zero-order valence-electron chi connectivity index (χ0n) is 13.3. The molecular formula is C15H26N2O2S. The molecule has 5 heteroatoms. The Labute approximate surface area is 125 Å². The van der Waals surface area contributed by atoms with Crippen LogP contribution >= 0.6 is 11.3 Å². The number of alkyl carbamates (subject to hydrolysis) is 1. The molecule has 0 aliphatic rings. The minimum absolute atomic E-state index is 0.272. The third-order valence-electron chi connectivity index (χ3n) is 3.16. The van der Waals surface area contributed by atoms with E-state index in [4.69, 9.17) is 10.5 Å². The van der Waals surface area contributed by atoms with Crippen LogP contribution in [0.4, 0.5) is 4.79 Å². The molecule has 0 saturated heterocycles. The van der Waals surface area contributed by atoms with Gasteiger partial charge in [-0.25, -0.2) is 4.79 Å². The van der Waals surface area contributed by atoms with E-state index in [0.29, 0.717) is 13.1 Å². The van der Waals surface area contributed by atoms with Gasteiger partial charge in [0.2, 0.25) is 0 Å². The van der Waals surface area contributed by atoms with Gasteiger partial charge in [0.1, 0.15) is 5.60 Å². The lowest BCUT2D eigenvalue weighted by Crippen LogP contribution is -2.45. The molecule has 1 amide bonds. The second kappa shape index (κ2) is 6.14. The van der Waals surface area contributed by atoms with Crippen molar-refractivity contribution in [3.63, 3.8) is 0 Å². The molecule has 0 radical (unpaired) electrons. The van der Waals surface area contributed by atoms with Crippen molar-refractivity contribution in [2.45, 2.75) is 52.6 Å². The molecule has 1 heterocycles. The van der Waals surface area contributed by atoms with Crippen molar-refractivity contribution in [1.82, 2.24) is 5.32 Å². The van der Waals surface area contributed by atoms with Crippen molar-refractivity contribution in [1.29, 1.82) is 0 Å². The highest BCUT2D eigenvalue weighted by Crippen LogP contribution is 2.31. The van der Waals surface area contributed by atoms with Crippen LogP contribution in [0.15, 0.2) is 6.07 Å². The number of amides is 1. The van der Waals surface area contributed by atoms with Crippen molar-refractivity contribution in [2.75, 3.05) is 13.1 Å². The Morgan fingerprint density at radius 3 is 2.35 bits per heavy atom. The van der Waals surface area contributed by atoms with E-state index >= 15 is 0 Å². The van der Waals surface area contributed by atoms with E-state index in [0.717, 1.165) is 0 Å². The number of carbonyl (C=O) groups excluding carboxylic acids is 1. The number of ether oxygens (including phenoxy) is 1. The van der Waals surface area contributed by atoms with Gasteiger partial charge in [-0.15, -0.1) is 11.3 Å². The number of hydrogen-bond acceptors (Lipinski definition) is 4. The molecule has 1 unspecified atom stereocenters. The third-order valence-corrected chi connectivity index (χ3v) is 4.13. The Balaban J connectivity index is 2.76. The van der Waals surface area contributed by atoms with Crippen molar-refractivity contribution >= 4 is 17.4 Å². The maximum absolute atomic E-state index is 11.8. The average molecular weight is 298 g/mol. The van der Waals surface area contributed by atoms with E-state index in [9.17, 15) is 4.79 Å². The lowest BCUT2D eigenvalue weighted by molar-refractivity contribution is 0.0516. The molecule has 3 N–H and O–H groups in total. The smallest absolute Gasteiger partial charge is 0.407 e. The number of thiophene rings is 1. The molecule has 1 rings (SSSR count). The first-order valence-corrected chi connectivity index (χ1v) is 7.63. The summed E-state index contributed by atoms with van der Waals surface area (Å²) in [7, 11) is 0. The van der Waals surface area contributed by atoms with Gasteiger partial charge in [-0.3, -0.25) is 0 Å². The molecule has 0 spiro atoms. The summed E-state index contributed by atoms with van der Waals surface area (Å²) in [5.74, 6) is 0. The van der Waals surface area contributed by atoms with Gasteiger partial charge in [-0.2, -0.15) is 0 Å². The molecule has 0 saturated carbocycles. The number of rotatable bonds is 4.